The lowest BCUT2D eigenvalue weighted by molar-refractivity contribution is -0.146. The lowest BCUT2D eigenvalue weighted by Crippen LogP contribution is -2.17. The quantitative estimate of drug-likeness (QED) is 0.328. The molecule has 0 saturated heterocycles. The largest absolute Gasteiger partial charge is 0.418 e. The summed E-state index contributed by atoms with van der Waals surface area (Å²) in [5.41, 5.74) is 0.179. The number of rotatable bonds is 4. The van der Waals surface area contributed by atoms with Gasteiger partial charge in [-0.15, -0.1) is 0 Å². The van der Waals surface area contributed by atoms with Gasteiger partial charge in [-0.3, -0.25) is 4.98 Å². The van der Waals surface area contributed by atoms with Gasteiger partial charge in [0, 0.05) is 22.8 Å². The third-order valence-corrected chi connectivity index (χ3v) is 5.19. The van der Waals surface area contributed by atoms with Gasteiger partial charge in [0.05, 0.1) is 22.7 Å². The summed E-state index contributed by atoms with van der Waals surface area (Å²) >= 11 is 0. The molecule has 2 heterocycles. The molecule has 4 rings (SSSR count). The molecule has 1 atom stereocenters. The molecule has 0 fully saturated rings. The molecule has 4 nitrogen and oxygen atoms in total. The zero-order valence-corrected chi connectivity index (χ0v) is 17.0. The van der Waals surface area contributed by atoms with Crippen LogP contribution in [0.15, 0.2) is 67.1 Å². The van der Waals surface area contributed by atoms with Crippen molar-refractivity contribution in [3.05, 3.63) is 78.2 Å². The van der Waals surface area contributed by atoms with Crippen LogP contribution < -0.4 is 5.32 Å². The summed E-state index contributed by atoms with van der Waals surface area (Å²) in [7, 11) is 0. The Balaban J connectivity index is 1.66. The molecule has 1 unspecified atom stereocenters. The summed E-state index contributed by atoms with van der Waals surface area (Å²) in [5.74, 6) is -1.24. The molecule has 2 aromatic heterocycles. The first-order valence-corrected chi connectivity index (χ1v) is 9.75. The van der Waals surface area contributed by atoms with Crippen LogP contribution in [-0.4, -0.2) is 21.1 Å². The van der Waals surface area contributed by atoms with Gasteiger partial charge in [0.1, 0.15) is 12.1 Å². The Morgan fingerprint density at radius 3 is 2.24 bits per heavy atom. The van der Waals surface area contributed by atoms with Gasteiger partial charge >= 0.3 is 12.4 Å². The first-order chi connectivity index (χ1) is 15.5. The summed E-state index contributed by atoms with van der Waals surface area (Å²) in [6.45, 7) is 1.09. The Morgan fingerprint density at radius 2 is 1.58 bits per heavy atom. The van der Waals surface area contributed by atoms with E-state index in [2.05, 4.69) is 20.3 Å². The van der Waals surface area contributed by atoms with E-state index >= 15 is 0 Å². The molecule has 0 aliphatic rings. The molecule has 0 radical (unpaired) electrons. The third-order valence-electron chi connectivity index (χ3n) is 5.19. The van der Waals surface area contributed by atoms with E-state index in [1.165, 1.54) is 55.0 Å². The molecule has 0 aliphatic heterocycles. The summed E-state index contributed by atoms with van der Waals surface area (Å²) < 4.78 is 78.8. The second kappa shape index (κ2) is 8.34. The fourth-order valence-electron chi connectivity index (χ4n) is 3.35. The first-order valence-electron chi connectivity index (χ1n) is 9.75. The summed E-state index contributed by atoms with van der Waals surface area (Å²) in [5, 5.41) is 3.55. The molecular weight excluding hydrogens is 446 g/mol. The number of pyridine rings is 1. The zero-order valence-electron chi connectivity index (χ0n) is 17.0. The number of hydrogen-bond acceptors (Lipinski definition) is 4. The maximum Gasteiger partial charge on any atom is 0.418 e. The maximum atomic E-state index is 13.4. The van der Waals surface area contributed by atoms with Crippen molar-refractivity contribution in [2.75, 3.05) is 5.32 Å². The second-order valence-corrected chi connectivity index (χ2v) is 7.36. The van der Waals surface area contributed by atoms with Crippen LogP contribution in [0.4, 0.5) is 37.8 Å². The minimum atomic E-state index is -4.56. The number of nitrogens with zero attached hydrogens (tertiary/aromatic N) is 3. The van der Waals surface area contributed by atoms with Crippen LogP contribution in [0, 0.1) is 0 Å². The number of hydrogen-bond donors (Lipinski definition) is 1. The fraction of sp³-hybridized carbons (Fsp3) is 0.174. The Morgan fingerprint density at radius 1 is 0.848 bits per heavy atom. The van der Waals surface area contributed by atoms with Crippen molar-refractivity contribution in [1.82, 2.24) is 15.0 Å². The van der Waals surface area contributed by atoms with Crippen molar-refractivity contribution in [3.8, 4) is 11.3 Å². The predicted octanol–water partition coefficient (Wildman–Crippen LogP) is 7.12. The van der Waals surface area contributed by atoms with Crippen LogP contribution in [0.25, 0.3) is 22.2 Å². The van der Waals surface area contributed by atoms with E-state index in [0.29, 0.717) is 22.4 Å². The molecule has 170 valence electrons. The van der Waals surface area contributed by atoms with Crippen molar-refractivity contribution >= 4 is 22.4 Å². The highest BCUT2D eigenvalue weighted by atomic mass is 19.4. The van der Waals surface area contributed by atoms with Crippen LogP contribution in [0.3, 0.4) is 0 Å². The zero-order chi connectivity index (χ0) is 23.8. The van der Waals surface area contributed by atoms with Crippen molar-refractivity contribution in [2.24, 2.45) is 0 Å². The molecule has 0 bridgehead atoms. The monoisotopic (exact) mass is 462 g/mol. The standard InChI is InChI=1S/C23H16F6N4/c1-13(22(24,25)26)14-4-7-16(8-5-14)33-21-17-9-6-15(11-19(17)31-12-32-21)20-18(23(27,28)29)3-2-10-30-20/h2-13H,1H3,(H,31,32,33). The maximum absolute atomic E-state index is 13.4. The minimum absolute atomic E-state index is 0.126. The number of aromatic nitrogens is 3. The normalized spacial score (nSPS) is 13.2. The molecule has 33 heavy (non-hydrogen) atoms. The summed E-state index contributed by atoms with van der Waals surface area (Å²) in [6.07, 6.45) is -6.37. The molecule has 0 saturated carbocycles. The minimum Gasteiger partial charge on any atom is -0.340 e. The van der Waals surface area contributed by atoms with E-state index in [4.69, 9.17) is 0 Å². The number of halogens is 6. The highest BCUT2D eigenvalue weighted by molar-refractivity contribution is 5.93. The molecule has 1 N–H and O–H groups in total. The van der Waals surface area contributed by atoms with Gasteiger partial charge in [0.15, 0.2) is 0 Å². The fourth-order valence-corrected chi connectivity index (χ4v) is 3.35. The molecule has 2 aromatic carbocycles. The average molecular weight is 462 g/mol. The van der Waals surface area contributed by atoms with Gasteiger partial charge in [0.2, 0.25) is 0 Å². The second-order valence-electron chi connectivity index (χ2n) is 7.36. The van der Waals surface area contributed by atoms with Crippen LogP contribution in [-0.2, 0) is 6.18 Å². The topological polar surface area (TPSA) is 50.7 Å². The molecule has 0 amide bonds. The molecule has 10 heteroatoms. The number of alkyl halides is 6. The van der Waals surface area contributed by atoms with Gasteiger partial charge in [-0.25, -0.2) is 9.97 Å². The Hall–Kier alpha value is -3.69. The Bertz CT molecular complexity index is 1280. The van der Waals surface area contributed by atoms with Gasteiger partial charge in [-0.05, 0) is 48.9 Å². The van der Waals surface area contributed by atoms with Crippen LogP contribution in [0.1, 0.15) is 24.0 Å². The highest BCUT2D eigenvalue weighted by Gasteiger charge is 2.37. The number of nitrogens with one attached hydrogen (secondary N) is 1. The number of benzene rings is 2. The molecule has 0 aliphatic carbocycles. The van der Waals surface area contributed by atoms with Gasteiger partial charge in [-0.1, -0.05) is 18.2 Å². The number of anilines is 2. The van der Waals surface area contributed by atoms with E-state index in [1.54, 1.807) is 6.07 Å². The van der Waals surface area contributed by atoms with Gasteiger partial charge in [-0.2, -0.15) is 26.3 Å². The van der Waals surface area contributed by atoms with E-state index in [0.717, 1.165) is 13.0 Å². The summed E-state index contributed by atoms with van der Waals surface area (Å²) in [4.78, 5) is 12.2. The lowest BCUT2D eigenvalue weighted by atomic mass is 10.0. The molecule has 0 spiro atoms. The van der Waals surface area contributed by atoms with Crippen LogP contribution in [0.5, 0.6) is 0 Å². The van der Waals surface area contributed by atoms with Crippen molar-refractivity contribution in [3.63, 3.8) is 0 Å². The predicted molar refractivity (Wildman–Crippen MR) is 112 cm³/mol. The summed E-state index contributed by atoms with van der Waals surface area (Å²) in [6, 6.07) is 12.5. The molecule has 4 aromatic rings. The van der Waals surface area contributed by atoms with Crippen molar-refractivity contribution in [1.29, 1.82) is 0 Å². The Labute approximate surface area is 184 Å². The van der Waals surface area contributed by atoms with E-state index in [1.807, 2.05) is 0 Å². The average Bonchev–Trinajstić information content (AvgIpc) is 2.78. The lowest BCUT2D eigenvalue weighted by Gasteiger charge is -2.16. The van der Waals surface area contributed by atoms with E-state index < -0.39 is 23.8 Å². The van der Waals surface area contributed by atoms with Crippen LogP contribution >= 0.6 is 0 Å². The van der Waals surface area contributed by atoms with Crippen molar-refractivity contribution < 1.29 is 26.3 Å². The number of fused-ring (bicyclic) bond motifs is 1. The smallest absolute Gasteiger partial charge is 0.340 e. The first kappa shape index (κ1) is 22.5. The SMILES string of the molecule is CC(c1ccc(Nc2ncnc3cc(-c4ncccc4C(F)(F)F)ccc23)cc1)C(F)(F)F. The van der Waals surface area contributed by atoms with Gasteiger partial charge in [0.25, 0.3) is 0 Å². The Kier molecular flexibility index (Phi) is 5.69. The van der Waals surface area contributed by atoms with E-state index in [9.17, 15) is 26.3 Å². The van der Waals surface area contributed by atoms with Crippen molar-refractivity contribution in [2.45, 2.75) is 25.2 Å². The molecular formula is C23H16F6N4. The van der Waals surface area contributed by atoms with E-state index in [-0.39, 0.29) is 16.8 Å². The van der Waals surface area contributed by atoms with Crippen LogP contribution in [0.2, 0.25) is 0 Å². The highest BCUT2D eigenvalue weighted by Crippen LogP contribution is 2.37. The third kappa shape index (κ3) is 4.74. The van der Waals surface area contributed by atoms with Gasteiger partial charge < -0.3 is 5.32 Å².